The predicted molar refractivity (Wildman–Crippen MR) is 110 cm³/mol. The highest BCUT2D eigenvalue weighted by Gasteiger charge is 2.28. The third-order valence-corrected chi connectivity index (χ3v) is 5.58. The Hall–Kier alpha value is -3.08. The van der Waals surface area contributed by atoms with E-state index in [1.165, 1.54) is 5.56 Å². The number of amides is 1. The summed E-state index contributed by atoms with van der Waals surface area (Å²) in [7, 11) is 3.53. The summed E-state index contributed by atoms with van der Waals surface area (Å²) in [5, 5.41) is 0.588. The average Bonchev–Trinajstić information content (AvgIpc) is 3.19. The van der Waals surface area contributed by atoms with Crippen LogP contribution in [0.2, 0.25) is 0 Å². The molecule has 2 heterocycles. The lowest BCUT2D eigenvalue weighted by molar-refractivity contribution is 0.0785. The smallest absolute Gasteiger partial charge is 0.259 e. The van der Waals surface area contributed by atoms with Crippen molar-refractivity contribution in [1.82, 2.24) is 9.47 Å². The lowest BCUT2D eigenvalue weighted by Crippen LogP contribution is -2.33. The molecule has 1 unspecified atom stereocenters. The Balaban J connectivity index is 1.51. The number of methoxy groups -OCH3 is 1. The van der Waals surface area contributed by atoms with Crippen LogP contribution >= 0.6 is 0 Å². The summed E-state index contributed by atoms with van der Waals surface area (Å²) in [6.45, 7) is 1.37. The van der Waals surface area contributed by atoms with E-state index in [0.717, 1.165) is 24.1 Å². The predicted octanol–water partition coefficient (Wildman–Crippen LogP) is 3.25. The molecule has 0 spiro atoms. The van der Waals surface area contributed by atoms with Crippen LogP contribution in [0.3, 0.4) is 0 Å². The van der Waals surface area contributed by atoms with Crippen molar-refractivity contribution < 1.29 is 9.53 Å². The van der Waals surface area contributed by atoms with Gasteiger partial charge in [-0.05, 0) is 48.6 Å². The van der Waals surface area contributed by atoms with Gasteiger partial charge in [-0.3, -0.25) is 9.59 Å². The van der Waals surface area contributed by atoms with Crippen molar-refractivity contribution in [1.29, 1.82) is 0 Å². The number of rotatable bonds is 4. The molecule has 4 rings (SSSR count). The van der Waals surface area contributed by atoms with Gasteiger partial charge in [-0.25, -0.2) is 0 Å². The minimum Gasteiger partial charge on any atom is -0.497 e. The summed E-state index contributed by atoms with van der Waals surface area (Å²) in [4.78, 5) is 27.7. The molecular weight excluding hydrogens is 352 g/mol. The minimum atomic E-state index is -0.183. The molecule has 2 aromatic carbocycles. The Morgan fingerprint density at radius 1 is 1.14 bits per heavy atom. The Bertz CT molecular complexity index is 1070. The standard InChI is InChI=1S/C23H24N2O3/c1-24-15-20(22(26)19-5-3-4-6-21(19)24)23(27)25-12-11-17(14-25)13-16-7-9-18(28-2)10-8-16/h3-10,15,17H,11-14H2,1-2H3. The summed E-state index contributed by atoms with van der Waals surface area (Å²) < 4.78 is 7.06. The van der Waals surface area contributed by atoms with Crippen molar-refractivity contribution in [3.05, 3.63) is 76.1 Å². The SMILES string of the molecule is COc1ccc(CC2CCN(C(=O)c3cn(C)c4ccccc4c3=O)C2)cc1. The van der Waals surface area contributed by atoms with Crippen molar-refractivity contribution in [2.45, 2.75) is 12.8 Å². The molecule has 0 radical (unpaired) electrons. The molecule has 5 heteroatoms. The Labute approximate surface area is 164 Å². The maximum Gasteiger partial charge on any atom is 0.259 e. The summed E-state index contributed by atoms with van der Waals surface area (Å²) >= 11 is 0. The fourth-order valence-electron chi connectivity index (χ4n) is 4.04. The zero-order valence-corrected chi connectivity index (χ0v) is 16.2. The van der Waals surface area contributed by atoms with Crippen LogP contribution in [0.5, 0.6) is 5.75 Å². The average molecular weight is 376 g/mol. The number of aryl methyl sites for hydroxylation is 1. The van der Waals surface area contributed by atoms with Crippen molar-refractivity contribution in [3.63, 3.8) is 0 Å². The number of nitrogens with zero attached hydrogens (tertiary/aromatic N) is 2. The van der Waals surface area contributed by atoms with Crippen LogP contribution in [0, 0.1) is 5.92 Å². The summed E-state index contributed by atoms with van der Waals surface area (Å²) in [6, 6.07) is 15.5. The quantitative estimate of drug-likeness (QED) is 0.702. The van der Waals surface area contributed by atoms with Crippen LogP contribution in [0.4, 0.5) is 0 Å². The van der Waals surface area contributed by atoms with Gasteiger partial charge in [0.05, 0.1) is 12.6 Å². The normalized spacial score (nSPS) is 16.5. The number of carbonyl (C=O) groups excluding carboxylic acids is 1. The Kier molecular flexibility index (Phi) is 4.90. The summed E-state index contributed by atoms with van der Waals surface area (Å²) in [5.41, 5.74) is 2.15. The third-order valence-electron chi connectivity index (χ3n) is 5.58. The van der Waals surface area contributed by atoms with Crippen molar-refractivity contribution >= 4 is 16.8 Å². The van der Waals surface area contributed by atoms with Gasteiger partial charge in [0.1, 0.15) is 11.3 Å². The van der Waals surface area contributed by atoms with Gasteiger partial charge in [-0.15, -0.1) is 0 Å². The van der Waals surface area contributed by atoms with Gasteiger partial charge in [0.15, 0.2) is 0 Å². The molecule has 28 heavy (non-hydrogen) atoms. The molecule has 0 saturated carbocycles. The summed E-state index contributed by atoms with van der Waals surface area (Å²) in [6.07, 6.45) is 3.54. The highest BCUT2D eigenvalue weighted by Crippen LogP contribution is 2.23. The van der Waals surface area contributed by atoms with E-state index >= 15 is 0 Å². The number of hydrogen-bond donors (Lipinski definition) is 0. The highest BCUT2D eigenvalue weighted by molar-refractivity contribution is 5.97. The number of pyridine rings is 1. The zero-order chi connectivity index (χ0) is 19.7. The molecule has 0 aliphatic carbocycles. The highest BCUT2D eigenvalue weighted by atomic mass is 16.5. The number of fused-ring (bicyclic) bond motifs is 1. The van der Waals surface area contributed by atoms with E-state index in [1.807, 2.05) is 46.8 Å². The number of ether oxygens (including phenoxy) is 1. The third kappa shape index (κ3) is 3.40. The zero-order valence-electron chi connectivity index (χ0n) is 16.2. The first-order chi connectivity index (χ1) is 13.6. The van der Waals surface area contributed by atoms with Crippen LogP contribution in [0.1, 0.15) is 22.3 Å². The number of aromatic nitrogens is 1. The molecule has 144 valence electrons. The van der Waals surface area contributed by atoms with Crippen LogP contribution in [0.15, 0.2) is 59.5 Å². The second-order valence-corrected chi connectivity index (χ2v) is 7.46. The molecule has 0 bridgehead atoms. The lowest BCUT2D eigenvalue weighted by Gasteiger charge is -2.17. The van der Waals surface area contributed by atoms with E-state index in [9.17, 15) is 9.59 Å². The van der Waals surface area contributed by atoms with Crippen LogP contribution in [-0.2, 0) is 13.5 Å². The van der Waals surface area contributed by atoms with E-state index in [-0.39, 0.29) is 16.9 Å². The lowest BCUT2D eigenvalue weighted by atomic mass is 9.99. The van der Waals surface area contributed by atoms with Gasteiger partial charge >= 0.3 is 0 Å². The van der Waals surface area contributed by atoms with Gasteiger partial charge in [-0.2, -0.15) is 0 Å². The van der Waals surface area contributed by atoms with Gasteiger partial charge in [0.25, 0.3) is 5.91 Å². The topological polar surface area (TPSA) is 51.5 Å². The van der Waals surface area contributed by atoms with E-state index < -0.39 is 0 Å². The second kappa shape index (κ2) is 7.50. The molecule has 1 aromatic heterocycles. The van der Waals surface area contributed by atoms with Gasteiger partial charge < -0.3 is 14.2 Å². The van der Waals surface area contributed by atoms with E-state index in [2.05, 4.69) is 12.1 Å². The molecule has 1 aliphatic rings. The number of para-hydroxylation sites is 1. The first-order valence-corrected chi connectivity index (χ1v) is 9.57. The minimum absolute atomic E-state index is 0.163. The molecule has 5 nitrogen and oxygen atoms in total. The van der Waals surface area contributed by atoms with Crippen molar-refractivity contribution in [3.8, 4) is 5.75 Å². The Morgan fingerprint density at radius 3 is 2.64 bits per heavy atom. The van der Waals surface area contributed by atoms with E-state index in [1.54, 1.807) is 19.4 Å². The number of benzene rings is 2. The largest absolute Gasteiger partial charge is 0.497 e. The molecule has 1 atom stereocenters. The first kappa shape index (κ1) is 18.3. The maximum absolute atomic E-state index is 13.0. The van der Waals surface area contributed by atoms with Gasteiger partial charge in [0, 0.05) is 31.7 Å². The van der Waals surface area contributed by atoms with Crippen LogP contribution in [0.25, 0.3) is 10.9 Å². The maximum atomic E-state index is 13.0. The van der Waals surface area contributed by atoms with Crippen LogP contribution in [-0.4, -0.2) is 35.6 Å². The van der Waals surface area contributed by atoms with Gasteiger partial charge in [0.2, 0.25) is 5.43 Å². The first-order valence-electron chi connectivity index (χ1n) is 9.57. The molecule has 1 amide bonds. The van der Waals surface area contributed by atoms with Crippen LogP contribution < -0.4 is 10.2 Å². The molecule has 1 aliphatic heterocycles. The fraction of sp³-hybridized carbons (Fsp3) is 0.304. The fourth-order valence-corrected chi connectivity index (χ4v) is 4.04. The number of hydrogen-bond acceptors (Lipinski definition) is 3. The van der Waals surface area contributed by atoms with Crippen molar-refractivity contribution in [2.75, 3.05) is 20.2 Å². The molecule has 1 fully saturated rings. The monoisotopic (exact) mass is 376 g/mol. The second-order valence-electron chi connectivity index (χ2n) is 7.46. The van der Waals surface area contributed by atoms with E-state index in [4.69, 9.17) is 4.74 Å². The molecule has 3 aromatic rings. The summed E-state index contributed by atoms with van der Waals surface area (Å²) in [5.74, 6) is 1.09. The number of likely N-dealkylation sites (tertiary alicyclic amines) is 1. The number of carbonyl (C=O) groups is 1. The molecule has 1 saturated heterocycles. The molecular formula is C23H24N2O3. The Morgan fingerprint density at radius 2 is 1.89 bits per heavy atom. The van der Waals surface area contributed by atoms with Gasteiger partial charge in [-0.1, -0.05) is 24.3 Å². The van der Waals surface area contributed by atoms with E-state index in [0.29, 0.717) is 24.4 Å². The van der Waals surface area contributed by atoms with Crippen molar-refractivity contribution in [2.24, 2.45) is 13.0 Å². The molecule has 0 N–H and O–H groups in total.